The first kappa shape index (κ1) is 14.6. The number of ether oxygens (including phenoxy) is 2. The molecular formula is C13H11NO5Te. The number of benzene rings is 1. The monoisotopic (exact) mass is 391 g/mol. The maximum absolute atomic E-state index is 11.4. The molecule has 6 nitrogen and oxygen atoms in total. The third-order valence-electron chi connectivity index (χ3n) is 2.40. The van der Waals surface area contributed by atoms with Crippen LogP contribution in [0.2, 0.25) is 0 Å². The van der Waals surface area contributed by atoms with E-state index in [1.54, 1.807) is 0 Å². The van der Waals surface area contributed by atoms with Crippen LogP contribution in [0.25, 0.3) is 0 Å². The molecular weight excluding hydrogens is 378 g/mol. The van der Waals surface area contributed by atoms with E-state index < -0.39 is 11.1 Å². The van der Waals surface area contributed by atoms with Crippen LogP contribution < -0.4 is 4.74 Å². The second kappa shape index (κ2) is 7.08. The Labute approximate surface area is 124 Å². The van der Waals surface area contributed by atoms with Crippen molar-refractivity contribution in [2.24, 2.45) is 0 Å². The molecule has 0 unspecified atom stereocenters. The summed E-state index contributed by atoms with van der Waals surface area (Å²) >= 11 is -0.198. The van der Waals surface area contributed by atoms with E-state index in [1.165, 1.54) is 27.8 Å². The number of nitrogens with zero attached hydrogens (tertiary/aromatic N) is 1. The van der Waals surface area contributed by atoms with E-state index in [1.807, 2.05) is 12.1 Å². The fourth-order valence-electron chi connectivity index (χ4n) is 1.45. The van der Waals surface area contributed by atoms with Gasteiger partial charge in [-0.25, -0.2) is 0 Å². The Balaban J connectivity index is 1.77. The van der Waals surface area contributed by atoms with Crippen molar-refractivity contribution in [2.75, 3.05) is 6.61 Å². The SMILES string of the molecule is O=C(OCCc1ccc[te]1)Oc1ccc([N+](=O)[O-])cc1. The third-order valence-corrected chi connectivity index (χ3v) is 5.07. The Hall–Kier alpha value is -1.84. The van der Waals surface area contributed by atoms with Crippen LogP contribution in [0.1, 0.15) is 3.58 Å². The normalized spacial score (nSPS) is 10.0. The van der Waals surface area contributed by atoms with Gasteiger partial charge in [-0.2, -0.15) is 0 Å². The van der Waals surface area contributed by atoms with Crippen LogP contribution in [0.3, 0.4) is 0 Å². The summed E-state index contributed by atoms with van der Waals surface area (Å²) in [5.41, 5.74) is -0.0592. The number of carbonyl (C=O) groups excluding carboxylic acids is 1. The number of nitro benzene ring substituents is 1. The van der Waals surface area contributed by atoms with Gasteiger partial charge in [0, 0.05) is 0 Å². The van der Waals surface area contributed by atoms with Gasteiger partial charge in [0.05, 0.1) is 0 Å². The Morgan fingerprint density at radius 3 is 2.60 bits per heavy atom. The topological polar surface area (TPSA) is 78.7 Å². The van der Waals surface area contributed by atoms with Gasteiger partial charge in [-0.1, -0.05) is 0 Å². The van der Waals surface area contributed by atoms with Crippen molar-refractivity contribution in [2.45, 2.75) is 6.42 Å². The van der Waals surface area contributed by atoms with Gasteiger partial charge in [0.25, 0.3) is 0 Å². The number of carbonyl (C=O) groups is 1. The first-order chi connectivity index (χ1) is 9.65. The Morgan fingerprint density at radius 2 is 2.00 bits per heavy atom. The standard InChI is InChI=1S/C13H11NO5Te/c15-13(18-8-7-12-2-1-9-20-12)19-11-5-3-10(4-6-11)14(16)17/h1-6,9H,7-8H2. The fourth-order valence-corrected chi connectivity index (χ4v) is 3.42. The number of rotatable bonds is 5. The summed E-state index contributed by atoms with van der Waals surface area (Å²) in [5.74, 6) is 0.219. The first-order valence-electron chi connectivity index (χ1n) is 5.76. The van der Waals surface area contributed by atoms with Gasteiger partial charge in [0.15, 0.2) is 0 Å². The van der Waals surface area contributed by atoms with Gasteiger partial charge >= 0.3 is 124 Å². The molecule has 2 aromatic rings. The molecule has 0 saturated heterocycles. The molecule has 0 amide bonds. The molecule has 0 fully saturated rings. The summed E-state index contributed by atoms with van der Waals surface area (Å²) < 4.78 is 13.3. The van der Waals surface area contributed by atoms with Gasteiger partial charge in [-0.15, -0.1) is 0 Å². The second-order valence-electron chi connectivity index (χ2n) is 3.78. The van der Waals surface area contributed by atoms with Gasteiger partial charge in [0.2, 0.25) is 0 Å². The zero-order chi connectivity index (χ0) is 14.4. The molecule has 20 heavy (non-hydrogen) atoms. The molecule has 0 aliphatic rings. The average molecular weight is 389 g/mol. The average Bonchev–Trinajstić information content (AvgIpc) is 2.92. The first-order valence-corrected chi connectivity index (χ1v) is 8.27. The van der Waals surface area contributed by atoms with Crippen molar-refractivity contribution in [1.29, 1.82) is 0 Å². The summed E-state index contributed by atoms with van der Waals surface area (Å²) in [6, 6.07) is 9.32. The molecule has 7 heteroatoms. The van der Waals surface area contributed by atoms with Crippen LogP contribution in [-0.4, -0.2) is 38.1 Å². The minimum atomic E-state index is -0.800. The van der Waals surface area contributed by atoms with Crippen molar-refractivity contribution in [1.82, 2.24) is 0 Å². The molecule has 0 aliphatic carbocycles. The van der Waals surface area contributed by atoms with Gasteiger partial charge in [-0.3, -0.25) is 0 Å². The fraction of sp³-hybridized carbons (Fsp3) is 0.154. The molecule has 0 aliphatic heterocycles. The molecule has 0 spiro atoms. The van der Waals surface area contributed by atoms with E-state index in [4.69, 9.17) is 9.47 Å². The van der Waals surface area contributed by atoms with Gasteiger partial charge < -0.3 is 0 Å². The molecule has 0 atom stereocenters. The van der Waals surface area contributed by atoms with E-state index in [-0.39, 0.29) is 38.5 Å². The number of non-ortho nitro benzene ring substituents is 1. The van der Waals surface area contributed by atoms with Crippen LogP contribution in [0, 0.1) is 10.1 Å². The van der Waals surface area contributed by atoms with E-state index in [2.05, 4.69) is 4.08 Å². The molecule has 2 rings (SSSR count). The second-order valence-corrected chi connectivity index (χ2v) is 6.73. The predicted octanol–water partition coefficient (Wildman–Crippen LogP) is 2.41. The van der Waals surface area contributed by atoms with E-state index in [9.17, 15) is 14.9 Å². The van der Waals surface area contributed by atoms with E-state index in [0.29, 0.717) is 0 Å². The van der Waals surface area contributed by atoms with Crippen molar-refractivity contribution < 1.29 is 19.2 Å². The van der Waals surface area contributed by atoms with Crippen molar-refractivity contribution in [3.63, 3.8) is 0 Å². The summed E-state index contributed by atoms with van der Waals surface area (Å²) in [5, 5.41) is 10.5. The quantitative estimate of drug-likeness (QED) is 0.258. The summed E-state index contributed by atoms with van der Waals surface area (Å²) in [6.45, 7) is 0.282. The van der Waals surface area contributed by atoms with Gasteiger partial charge in [-0.05, 0) is 0 Å². The summed E-state index contributed by atoms with van der Waals surface area (Å²) in [7, 11) is 0. The van der Waals surface area contributed by atoms with Crippen LogP contribution in [-0.2, 0) is 11.2 Å². The van der Waals surface area contributed by atoms with Crippen molar-refractivity contribution in [3.8, 4) is 5.75 Å². The molecule has 1 heterocycles. The number of nitro groups is 1. The van der Waals surface area contributed by atoms with Crippen molar-refractivity contribution >= 4 is 32.3 Å². The number of hydrogen-bond donors (Lipinski definition) is 0. The Bertz CT molecular complexity index is 579. The molecule has 0 N–H and O–H groups in total. The molecule has 0 bridgehead atoms. The van der Waals surface area contributed by atoms with Crippen LogP contribution in [0.4, 0.5) is 10.5 Å². The third kappa shape index (κ3) is 4.37. The van der Waals surface area contributed by atoms with Crippen LogP contribution >= 0.6 is 0 Å². The summed E-state index contributed by atoms with van der Waals surface area (Å²) in [6.07, 6.45) is -0.0732. The predicted molar refractivity (Wildman–Crippen MR) is 72.2 cm³/mol. The van der Waals surface area contributed by atoms with Crippen molar-refractivity contribution in [3.05, 3.63) is 54.2 Å². The molecule has 0 radical (unpaired) electrons. The van der Waals surface area contributed by atoms with Crippen LogP contribution in [0.5, 0.6) is 5.75 Å². The van der Waals surface area contributed by atoms with E-state index in [0.717, 1.165) is 6.42 Å². The molecule has 1 aromatic heterocycles. The molecule has 104 valence electrons. The maximum atomic E-state index is 11.4. The zero-order valence-corrected chi connectivity index (χ0v) is 12.7. The number of hydrogen-bond acceptors (Lipinski definition) is 5. The Kier molecular flexibility index (Phi) is 5.16. The minimum absolute atomic E-state index is 0.0592. The van der Waals surface area contributed by atoms with E-state index >= 15 is 0 Å². The zero-order valence-electron chi connectivity index (χ0n) is 10.4. The van der Waals surface area contributed by atoms with Gasteiger partial charge in [0.1, 0.15) is 0 Å². The summed E-state index contributed by atoms with van der Waals surface area (Å²) in [4.78, 5) is 21.4. The molecule has 1 aromatic carbocycles. The molecule has 0 saturated carbocycles. The van der Waals surface area contributed by atoms with Crippen LogP contribution in [0.15, 0.2) is 40.5 Å². The Morgan fingerprint density at radius 1 is 1.25 bits per heavy atom.